The summed E-state index contributed by atoms with van der Waals surface area (Å²) in [4.78, 5) is 38.6. The summed E-state index contributed by atoms with van der Waals surface area (Å²) in [7, 11) is 2.95. The van der Waals surface area contributed by atoms with Crippen molar-refractivity contribution in [1.29, 1.82) is 0 Å². The smallest absolute Gasteiger partial charge is 0.247 e. The molecule has 1 aliphatic rings. The predicted molar refractivity (Wildman–Crippen MR) is 137 cm³/mol. The number of halogens is 1. The number of ether oxygens (including phenoxy) is 3. The highest BCUT2D eigenvalue weighted by atomic mass is 127. The fourth-order valence-corrected chi connectivity index (χ4v) is 4.55. The lowest BCUT2D eigenvalue weighted by Crippen LogP contribution is -2.56. The van der Waals surface area contributed by atoms with Gasteiger partial charge in [-0.15, -0.1) is 0 Å². The van der Waals surface area contributed by atoms with E-state index in [1.54, 1.807) is 19.9 Å². The Labute approximate surface area is 218 Å². The van der Waals surface area contributed by atoms with Crippen LogP contribution in [-0.4, -0.2) is 92.0 Å². The maximum Gasteiger partial charge on any atom is 0.247 e. The molecule has 0 bridgehead atoms. The van der Waals surface area contributed by atoms with E-state index < -0.39 is 24.2 Å². The summed E-state index contributed by atoms with van der Waals surface area (Å²) in [6.45, 7) is 3.83. The zero-order chi connectivity index (χ0) is 26.1. The van der Waals surface area contributed by atoms with Crippen molar-refractivity contribution < 1.29 is 38.8 Å². The van der Waals surface area contributed by atoms with Gasteiger partial charge in [0.25, 0.3) is 0 Å². The number of aliphatic hydroxyl groups excluding tert-OH is 2. The number of aliphatic hydroxyl groups is 2. The van der Waals surface area contributed by atoms with E-state index in [-0.39, 0.29) is 44.5 Å². The molecule has 194 valence electrons. The summed E-state index contributed by atoms with van der Waals surface area (Å²) in [5.74, 6) is -0.362. The zero-order valence-corrected chi connectivity index (χ0v) is 22.5. The molecular formula is C24H33IN2O8. The van der Waals surface area contributed by atoms with Gasteiger partial charge in [0.1, 0.15) is 18.5 Å². The maximum absolute atomic E-state index is 13.0. The summed E-state index contributed by atoms with van der Waals surface area (Å²) in [6, 6.07) is 2.37. The van der Waals surface area contributed by atoms with Crippen LogP contribution in [-0.2, 0) is 14.3 Å². The molecule has 0 radical (unpaired) electrons. The minimum atomic E-state index is -1.17. The van der Waals surface area contributed by atoms with Crippen LogP contribution in [0.3, 0.4) is 0 Å². The quantitative estimate of drug-likeness (QED) is 0.239. The van der Waals surface area contributed by atoms with Crippen LogP contribution in [0.25, 0.3) is 0 Å². The summed E-state index contributed by atoms with van der Waals surface area (Å²) in [5.41, 5.74) is 0.713. The second kappa shape index (κ2) is 13.8. The standard InChI is InChI=1S/C24H33IN2O8/c1-14(2)24(32)27(6-8-33-3)18-11-16(23(31)26-5-7-28)12-19(21(18)30)35-22-17(25)9-15(13-29)10-20(22)34-4/h9-10,12-14,18-19,21,28,30H,5-8,11H2,1-4H3,(H,26,31). The van der Waals surface area contributed by atoms with Crippen molar-refractivity contribution in [1.82, 2.24) is 10.2 Å². The van der Waals surface area contributed by atoms with E-state index >= 15 is 0 Å². The molecule has 0 fully saturated rings. The summed E-state index contributed by atoms with van der Waals surface area (Å²) in [6.07, 6.45) is 0.132. The van der Waals surface area contributed by atoms with Gasteiger partial charge in [-0.3, -0.25) is 14.4 Å². The van der Waals surface area contributed by atoms with E-state index in [1.807, 2.05) is 22.6 Å². The lowest BCUT2D eigenvalue weighted by atomic mass is 9.87. The molecule has 0 heterocycles. The van der Waals surface area contributed by atoms with E-state index in [0.717, 1.165) is 0 Å². The fourth-order valence-electron chi connectivity index (χ4n) is 3.80. The molecular weight excluding hydrogens is 571 g/mol. The van der Waals surface area contributed by atoms with Gasteiger partial charge >= 0.3 is 0 Å². The van der Waals surface area contributed by atoms with E-state index in [1.165, 1.54) is 31.3 Å². The third-order valence-electron chi connectivity index (χ3n) is 5.57. The van der Waals surface area contributed by atoms with Gasteiger partial charge in [0, 0.05) is 43.7 Å². The first kappa shape index (κ1) is 29.0. The van der Waals surface area contributed by atoms with Crippen LogP contribution in [0, 0.1) is 9.49 Å². The topological polar surface area (TPSA) is 135 Å². The van der Waals surface area contributed by atoms with Crippen molar-refractivity contribution in [3.05, 3.63) is 32.9 Å². The predicted octanol–water partition coefficient (Wildman–Crippen LogP) is 1.16. The molecule has 3 atom stereocenters. The second-order valence-electron chi connectivity index (χ2n) is 8.35. The fraction of sp³-hybridized carbons (Fsp3) is 0.542. The van der Waals surface area contributed by atoms with Gasteiger partial charge in [-0.1, -0.05) is 13.8 Å². The number of aldehydes is 1. The van der Waals surface area contributed by atoms with Crippen molar-refractivity contribution in [2.75, 3.05) is 40.5 Å². The monoisotopic (exact) mass is 604 g/mol. The molecule has 0 saturated carbocycles. The molecule has 1 aromatic carbocycles. The first-order valence-corrected chi connectivity index (χ1v) is 12.3. The highest BCUT2D eigenvalue weighted by Crippen LogP contribution is 2.37. The van der Waals surface area contributed by atoms with Crippen LogP contribution < -0.4 is 14.8 Å². The van der Waals surface area contributed by atoms with Crippen LogP contribution in [0.5, 0.6) is 11.5 Å². The first-order chi connectivity index (χ1) is 16.7. The largest absolute Gasteiger partial charge is 0.493 e. The van der Waals surface area contributed by atoms with E-state index in [9.17, 15) is 19.5 Å². The lowest BCUT2D eigenvalue weighted by Gasteiger charge is -2.41. The van der Waals surface area contributed by atoms with Gasteiger partial charge in [-0.2, -0.15) is 0 Å². The van der Waals surface area contributed by atoms with Crippen molar-refractivity contribution in [3.63, 3.8) is 0 Å². The van der Waals surface area contributed by atoms with E-state index in [0.29, 0.717) is 32.5 Å². The summed E-state index contributed by atoms with van der Waals surface area (Å²) >= 11 is 2.00. The van der Waals surface area contributed by atoms with Crippen molar-refractivity contribution in [2.45, 2.75) is 38.5 Å². The number of benzene rings is 1. The molecule has 11 heteroatoms. The highest BCUT2D eigenvalue weighted by molar-refractivity contribution is 14.1. The van der Waals surface area contributed by atoms with Crippen LogP contribution in [0.2, 0.25) is 0 Å². The average Bonchev–Trinajstić information content (AvgIpc) is 2.84. The summed E-state index contributed by atoms with van der Waals surface area (Å²) < 4.78 is 17.3. The molecule has 1 aliphatic carbocycles. The Morgan fingerprint density at radius 1 is 1.31 bits per heavy atom. The highest BCUT2D eigenvalue weighted by Gasteiger charge is 2.41. The molecule has 0 aliphatic heterocycles. The molecule has 2 amide bonds. The average molecular weight is 604 g/mol. The molecule has 2 rings (SSSR count). The van der Waals surface area contributed by atoms with Crippen LogP contribution in [0.15, 0.2) is 23.8 Å². The van der Waals surface area contributed by atoms with Crippen LogP contribution >= 0.6 is 22.6 Å². The van der Waals surface area contributed by atoms with Crippen molar-refractivity contribution >= 4 is 40.7 Å². The van der Waals surface area contributed by atoms with Gasteiger partial charge in [0.05, 0.1) is 29.9 Å². The van der Waals surface area contributed by atoms with Gasteiger partial charge in [0.15, 0.2) is 11.5 Å². The molecule has 0 saturated heterocycles. The van der Waals surface area contributed by atoms with E-state index in [4.69, 9.17) is 19.3 Å². The molecule has 0 spiro atoms. The number of nitrogens with one attached hydrogen (secondary N) is 1. The number of amides is 2. The molecule has 3 N–H and O–H groups in total. The summed E-state index contributed by atoms with van der Waals surface area (Å²) in [5, 5.41) is 23.1. The Kier molecular flexibility index (Phi) is 11.4. The van der Waals surface area contributed by atoms with Crippen LogP contribution in [0.1, 0.15) is 30.6 Å². The molecule has 0 aromatic heterocycles. The lowest BCUT2D eigenvalue weighted by molar-refractivity contribution is -0.142. The van der Waals surface area contributed by atoms with Gasteiger partial charge in [-0.05, 0) is 40.8 Å². The third-order valence-corrected chi connectivity index (χ3v) is 6.37. The Bertz CT molecular complexity index is 936. The number of rotatable bonds is 12. The number of carbonyl (C=O) groups excluding carboxylic acids is 3. The number of nitrogens with zero attached hydrogens (tertiary/aromatic N) is 1. The second-order valence-corrected chi connectivity index (χ2v) is 9.51. The Morgan fingerprint density at radius 2 is 2.03 bits per heavy atom. The number of carbonyl (C=O) groups is 3. The molecule has 10 nitrogen and oxygen atoms in total. The SMILES string of the molecule is COCCN(C(=O)C(C)C)C1CC(C(=O)NCCO)=CC(Oc2c(I)cc(C=O)cc2OC)C1O. The first-order valence-electron chi connectivity index (χ1n) is 11.2. The number of hydrogen-bond acceptors (Lipinski definition) is 8. The van der Waals surface area contributed by atoms with Crippen molar-refractivity contribution in [2.24, 2.45) is 5.92 Å². The Morgan fingerprint density at radius 3 is 2.60 bits per heavy atom. The number of methoxy groups -OCH3 is 2. The van der Waals surface area contributed by atoms with Gasteiger partial charge in [0.2, 0.25) is 11.8 Å². The minimum Gasteiger partial charge on any atom is -0.493 e. The molecule has 1 aromatic rings. The zero-order valence-electron chi connectivity index (χ0n) is 20.3. The van der Waals surface area contributed by atoms with Crippen LogP contribution in [0.4, 0.5) is 0 Å². The molecule has 3 unspecified atom stereocenters. The molecule has 35 heavy (non-hydrogen) atoms. The normalized spacial score (nSPS) is 19.7. The third kappa shape index (κ3) is 7.38. The Balaban J connectivity index is 2.50. The maximum atomic E-state index is 13.0. The van der Waals surface area contributed by atoms with Gasteiger partial charge in [-0.25, -0.2) is 0 Å². The number of hydrogen-bond donors (Lipinski definition) is 3. The van der Waals surface area contributed by atoms with Crippen molar-refractivity contribution in [3.8, 4) is 11.5 Å². The Hall–Kier alpha value is -2.22. The minimum absolute atomic E-state index is 0.0616. The van der Waals surface area contributed by atoms with E-state index in [2.05, 4.69) is 5.32 Å². The van der Waals surface area contributed by atoms with Gasteiger partial charge < -0.3 is 34.6 Å².